The van der Waals surface area contributed by atoms with Gasteiger partial charge in [0.15, 0.2) is 11.8 Å². The molecule has 7 amide bonds. The molecule has 348 valence electrons. The molecule has 12 N–H and O–H groups in total. The van der Waals surface area contributed by atoms with Gasteiger partial charge in [-0.3, -0.25) is 33.6 Å². The molecule has 1 aromatic heterocycles. The van der Waals surface area contributed by atoms with Gasteiger partial charge in [0.1, 0.15) is 12.1 Å². The fourth-order valence-corrected chi connectivity index (χ4v) is 7.33. The zero-order valence-electron chi connectivity index (χ0n) is 35.8. The lowest BCUT2D eigenvalue weighted by molar-refractivity contribution is -0.145. The highest BCUT2D eigenvalue weighted by Gasteiger charge is 2.49. The van der Waals surface area contributed by atoms with Crippen molar-refractivity contribution in [2.45, 2.75) is 80.9 Å². The third kappa shape index (κ3) is 13.9. The van der Waals surface area contributed by atoms with Gasteiger partial charge in [0.25, 0.3) is 5.91 Å². The molecule has 2 aromatic carbocycles. The number of carbonyl (C=O) groups excluding carboxylic acids is 7. The zero-order chi connectivity index (χ0) is 47.3. The molecule has 1 unspecified atom stereocenters. The second-order valence-corrected chi connectivity index (χ2v) is 16.1. The Hall–Kier alpha value is -6.71. The van der Waals surface area contributed by atoms with Crippen molar-refractivity contribution in [3.8, 4) is 0 Å². The van der Waals surface area contributed by atoms with Crippen molar-refractivity contribution in [3.63, 3.8) is 0 Å². The van der Waals surface area contributed by atoms with E-state index in [2.05, 4.69) is 36.9 Å². The number of aliphatic hydroxyl groups is 5. The van der Waals surface area contributed by atoms with Gasteiger partial charge in [-0.15, -0.1) is 0 Å². The lowest BCUT2D eigenvalue weighted by atomic mass is 9.91. The summed E-state index contributed by atoms with van der Waals surface area (Å²) >= 11 is 0. The molecule has 20 heteroatoms. The summed E-state index contributed by atoms with van der Waals surface area (Å²) in [5.41, 5.74) is -0.0654. The number of nitrogens with one attached hydrogen (secondary N) is 7. The number of rotatable bonds is 9. The van der Waals surface area contributed by atoms with Crippen molar-refractivity contribution >= 4 is 58.3 Å². The Balaban J connectivity index is 1.35. The number of H-pyrrole nitrogens is 1. The van der Waals surface area contributed by atoms with E-state index in [1.807, 2.05) is 54.6 Å². The van der Waals surface area contributed by atoms with E-state index in [-0.39, 0.29) is 6.42 Å². The molecule has 65 heavy (non-hydrogen) atoms. The Labute approximate surface area is 374 Å². The summed E-state index contributed by atoms with van der Waals surface area (Å²) in [6, 6.07) is 12.0. The van der Waals surface area contributed by atoms with Gasteiger partial charge in [-0.25, -0.2) is 0 Å². The van der Waals surface area contributed by atoms with Gasteiger partial charge in [-0.2, -0.15) is 0 Å². The van der Waals surface area contributed by atoms with Crippen LogP contribution in [-0.2, 0) is 40.0 Å². The van der Waals surface area contributed by atoms with E-state index in [9.17, 15) is 59.1 Å². The summed E-state index contributed by atoms with van der Waals surface area (Å²) in [7, 11) is 1.23. The highest BCUT2D eigenvalue weighted by molar-refractivity contribution is 5.94. The van der Waals surface area contributed by atoms with Gasteiger partial charge in [0.2, 0.25) is 35.4 Å². The molecule has 9 atom stereocenters. The first kappa shape index (κ1) is 49.3. The molecular formula is C45H56N8O12. The van der Waals surface area contributed by atoms with Gasteiger partial charge in [-0.1, -0.05) is 91.9 Å². The number of hydrogen-bond donors (Lipinski definition) is 12. The number of likely N-dealkylation sites (N-methyl/N-ethyl adjacent to an activating group) is 1. The molecule has 2 saturated heterocycles. The van der Waals surface area contributed by atoms with Crippen LogP contribution in [0.3, 0.4) is 0 Å². The molecule has 20 nitrogen and oxygen atoms in total. The molecule has 3 aromatic rings. The number of amides is 7. The number of carbonyl (C=O) groups is 7. The summed E-state index contributed by atoms with van der Waals surface area (Å²) in [5, 5.41) is 71.1. The summed E-state index contributed by atoms with van der Waals surface area (Å²) in [4.78, 5) is 96.6. The van der Waals surface area contributed by atoms with Gasteiger partial charge < -0.3 is 67.3 Å². The molecule has 0 bridgehead atoms. The quantitative estimate of drug-likeness (QED) is 0.102. The minimum Gasteiger partial charge on any atom is -0.391 e. The average molecular weight is 901 g/mol. The number of aliphatic hydroxyl groups excluding tert-OH is 4. The topological polar surface area (TPSA) is 312 Å². The van der Waals surface area contributed by atoms with Crippen molar-refractivity contribution in [2.24, 2.45) is 5.92 Å². The first-order valence-corrected chi connectivity index (χ1v) is 21.0. The van der Waals surface area contributed by atoms with Crippen LogP contribution in [0.4, 0.5) is 0 Å². The number of allylic oxidation sites excluding steroid dienone is 4. The minimum atomic E-state index is -2.45. The second-order valence-electron chi connectivity index (χ2n) is 16.1. The van der Waals surface area contributed by atoms with E-state index in [0.717, 1.165) is 21.4 Å². The fourth-order valence-electron chi connectivity index (χ4n) is 7.33. The van der Waals surface area contributed by atoms with Crippen LogP contribution < -0.4 is 31.9 Å². The van der Waals surface area contributed by atoms with E-state index in [4.69, 9.17) is 0 Å². The SMILES string of the molecule is C[C@@H](/C=C/C=C/C=C/c1ccccc1)[C@H](O)[C@@H](O)[C@H]1NC(=O)C[C@@H](O)CNC(=O)CNC(=O)C(Cc2c[nH]c3ccccc23)NC(=O)CN(C)C(=O)C[C@]2(O)NC(=O)C[C@H]2NC(=O)[C@H]1O. The van der Waals surface area contributed by atoms with Crippen molar-refractivity contribution < 1.29 is 59.1 Å². The Morgan fingerprint density at radius 2 is 1.51 bits per heavy atom. The molecule has 0 spiro atoms. The Bertz CT molecular complexity index is 2280. The van der Waals surface area contributed by atoms with Crippen LogP contribution >= 0.6 is 0 Å². The third-order valence-electron chi connectivity index (χ3n) is 11.0. The fraction of sp³-hybridized carbons (Fsp3) is 0.400. The number of β-amino-alcohol motifs (C(OH)–C–C–N with tert-alkyl or cyclic N) is 1. The van der Waals surface area contributed by atoms with E-state index < -0.39 is 134 Å². The number of nitrogens with zero attached hydrogens (tertiary/aromatic N) is 1. The molecule has 0 aliphatic carbocycles. The van der Waals surface area contributed by atoms with Crippen LogP contribution in [0.1, 0.15) is 37.3 Å². The number of benzene rings is 2. The minimum absolute atomic E-state index is 0.0409. The highest BCUT2D eigenvalue weighted by Crippen LogP contribution is 2.24. The highest BCUT2D eigenvalue weighted by atomic mass is 16.3. The predicted octanol–water partition coefficient (Wildman–Crippen LogP) is -2.24. The number of hydrogen-bond acceptors (Lipinski definition) is 12. The third-order valence-corrected chi connectivity index (χ3v) is 11.0. The zero-order valence-corrected chi connectivity index (χ0v) is 35.8. The van der Waals surface area contributed by atoms with Crippen LogP contribution in [0, 0.1) is 5.92 Å². The molecular weight excluding hydrogens is 845 g/mol. The molecule has 2 fully saturated rings. The van der Waals surface area contributed by atoms with Crippen molar-refractivity contribution in [3.05, 3.63) is 102 Å². The maximum Gasteiger partial charge on any atom is 0.251 e. The maximum absolute atomic E-state index is 13.6. The summed E-state index contributed by atoms with van der Waals surface area (Å²) in [5.74, 6) is -7.22. The lowest BCUT2D eigenvalue weighted by Gasteiger charge is -2.34. The van der Waals surface area contributed by atoms with Crippen LogP contribution in [0.15, 0.2) is 91.2 Å². The summed E-state index contributed by atoms with van der Waals surface area (Å²) < 4.78 is 0. The van der Waals surface area contributed by atoms with Gasteiger partial charge in [0.05, 0.1) is 56.6 Å². The van der Waals surface area contributed by atoms with E-state index in [1.54, 1.807) is 36.6 Å². The smallest absolute Gasteiger partial charge is 0.251 e. The van der Waals surface area contributed by atoms with Gasteiger partial charge >= 0.3 is 0 Å². The maximum atomic E-state index is 13.6. The second kappa shape index (κ2) is 22.8. The van der Waals surface area contributed by atoms with Crippen LogP contribution in [0.2, 0.25) is 0 Å². The van der Waals surface area contributed by atoms with Crippen molar-refractivity contribution in [1.82, 2.24) is 41.8 Å². The lowest BCUT2D eigenvalue weighted by Crippen LogP contribution is -2.63. The molecule has 2 aliphatic heterocycles. The molecule has 3 heterocycles. The number of aromatic nitrogens is 1. The molecule has 0 saturated carbocycles. The monoisotopic (exact) mass is 900 g/mol. The van der Waals surface area contributed by atoms with Crippen LogP contribution in [0.5, 0.6) is 0 Å². The van der Waals surface area contributed by atoms with E-state index in [1.165, 1.54) is 20.0 Å². The number of fused-ring (bicyclic) bond motifs is 2. The van der Waals surface area contributed by atoms with E-state index >= 15 is 0 Å². The van der Waals surface area contributed by atoms with Crippen LogP contribution in [0.25, 0.3) is 17.0 Å². The van der Waals surface area contributed by atoms with Gasteiger partial charge in [-0.05, 0) is 17.2 Å². The Kier molecular flexibility index (Phi) is 17.3. The largest absolute Gasteiger partial charge is 0.391 e. The predicted molar refractivity (Wildman–Crippen MR) is 235 cm³/mol. The molecule has 5 rings (SSSR count). The first-order chi connectivity index (χ1) is 30.9. The Morgan fingerprint density at radius 1 is 0.800 bits per heavy atom. The first-order valence-electron chi connectivity index (χ1n) is 21.0. The molecule has 2 aliphatic rings. The number of para-hydroxylation sites is 1. The Morgan fingerprint density at radius 3 is 2.26 bits per heavy atom. The van der Waals surface area contributed by atoms with Crippen molar-refractivity contribution in [1.29, 1.82) is 0 Å². The number of aromatic amines is 1. The van der Waals surface area contributed by atoms with E-state index in [0.29, 0.717) is 5.56 Å². The summed E-state index contributed by atoms with van der Waals surface area (Å²) in [6.45, 7) is -0.224. The standard InChI is InChI=1S/C45H56N8O12/c1-26(12-6-3-4-7-13-27-14-8-5-9-15-27)40(60)41(61)39-42(62)44(64)50-33-20-35(56)52-45(33,65)21-38(59)53(2)25-37(58)49-32(18-28-22-46-31-17-11-10-16-30(28)31)43(63)48-24-36(57)47-23-29(54)19-34(55)51-39/h3-17,22,26,29,32-33,39-42,46,54,60-62,65H,18-21,23-25H2,1-2H3,(H,47,57)(H,48,63)(H,49,58)(H,50,64)(H,51,55)(H,52,56)/b4-3+,12-6+,13-7+/t26-,29+,32?,33+,39+,40-,41-,42-,45+/m0/s1. The van der Waals surface area contributed by atoms with Gasteiger partial charge in [0, 0.05) is 43.0 Å². The normalized spacial score (nSPS) is 26.5. The average Bonchev–Trinajstić information content (AvgIpc) is 3.81. The van der Waals surface area contributed by atoms with Crippen LogP contribution in [-0.4, -0.2) is 152 Å². The molecule has 0 radical (unpaired) electrons. The summed E-state index contributed by atoms with van der Waals surface area (Å²) in [6.07, 6.45) is 1.91. The van der Waals surface area contributed by atoms with Crippen molar-refractivity contribution in [2.75, 3.05) is 26.7 Å².